The van der Waals surface area contributed by atoms with E-state index in [2.05, 4.69) is 25.9 Å². The van der Waals surface area contributed by atoms with E-state index in [-0.39, 0.29) is 23.5 Å². The van der Waals surface area contributed by atoms with Crippen LogP contribution in [0.4, 0.5) is 42.5 Å². The standard InChI is InChI=1S/C25H19F6N7O2/c1-38(2)22(39)14-5-3-13(4-6-14)19-8-7-17(12-20(19)21-34-36-37-35-21)32-23(40)33-18-10-15(24(26,27)28)9-16(11-18)25(29,30)31/h3-12H,1-2H3,(H2,32,33,40)(H,34,35,36,37). The maximum atomic E-state index is 13.1. The second kappa shape index (κ2) is 10.7. The summed E-state index contributed by atoms with van der Waals surface area (Å²) in [6.07, 6.45) is -10.1. The van der Waals surface area contributed by atoms with Gasteiger partial charge in [0.1, 0.15) is 0 Å². The van der Waals surface area contributed by atoms with E-state index < -0.39 is 35.2 Å². The number of carbonyl (C=O) groups is 2. The minimum absolute atomic E-state index is 0.0392. The lowest BCUT2D eigenvalue weighted by molar-refractivity contribution is -0.143. The smallest absolute Gasteiger partial charge is 0.345 e. The van der Waals surface area contributed by atoms with Crippen LogP contribution in [0.15, 0.2) is 60.7 Å². The van der Waals surface area contributed by atoms with Crippen LogP contribution >= 0.6 is 0 Å². The lowest BCUT2D eigenvalue weighted by Gasteiger charge is -2.16. The molecular weight excluding hydrogens is 544 g/mol. The van der Waals surface area contributed by atoms with Crippen molar-refractivity contribution in [3.05, 3.63) is 77.4 Å². The van der Waals surface area contributed by atoms with E-state index in [0.717, 1.165) is 0 Å². The van der Waals surface area contributed by atoms with Gasteiger partial charge in [0.25, 0.3) is 5.91 Å². The van der Waals surface area contributed by atoms with Crippen LogP contribution in [0.5, 0.6) is 0 Å². The highest BCUT2D eigenvalue weighted by Gasteiger charge is 2.37. The molecule has 0 spiro atoms. The van der Waals surface area contributed by atoms with Crippen molar-refractivity contribution in [2.75, 3.05) is 24.7 Å². The molecule has 4 aromatic rings. The Morgan fingerprint density at radius 1 is 0.775 bits per heavy atom. The molecule has 1 heterocycles. The van der Waals surface area contributed by atoms with Crippen LogP contribution in [0.3, 0.4) is 0 Å². The van der Waals surface area contributed by atoms with E-state index in [0.29, 0.717) is 34.4 Å². The first-order valence-electron chi connectivity index (χ1n) is 11.3. The fourth-order valence-electron chi connectivity index (χ4n) is 3.71. The molecule has 0 saturated heterocycles. The molecule has 3 aromatic carbocycles. The first kappa shape index (κ1) is 28.1. The molecule has 15 heteroatoms. The largest absolute Gasteiger partial charge is 0.416 e. The van der Waals surface area contributed by atoms with Crippen LogP contribution in [0.1, 0.15) is 21.5 Å². The fraction of sp³-hybridized carbons (Fsp3) is 0.160. The number of amides is 3. The molecule has 3 amide bonds. The number of aromatic amines is 1. The quantitative estimate of drug-likeness (QED) is 0.261. The Hall–Kier alpha value is -4.95. The van der Waals surface area contributed by atoms with E-state index in [9.17, 15) is 35.9 Å². The number of benzene rings is 3. The number of carbonyl (C=O) groups excluding carboxylic acids is 2. The van der Waals surface area contributed by atoms with E-state index in [4.69, 9.17) is 0 Å². The highest BCUT2D eigenvalue weighted by atomic mass is 19.4. The number of hydrogen-bond acceptors (Lipinski definition) is 5. The molecule has 0 bridgehead atoms. The topological polar surface area (TPSA) is 116 Å². The molecule has 0 fully saturated rings. The zero-order valence-electron chi connectivity index (χ0n) is 20.6. The monoisotopic (exact) mass is 563 g/mol. The number of tetrazole rings is 1. The third-order valence-corrected chi connectivity index (χ3v) is 5.57. The van der Waals surface area contributed by atoms with Crippen molar-refractivity contribution in [2.24, 2.45) is 0 Å². The first-order chi connectivity index (χ1) is 18.7. The maximum absolute atomic E-state index is 13.1. The van der Waals surface area contributed by atoms with Gasteiger partial charge in [-0.3, -0.25) is 4.79 Å². The number of halogens is 6. The van der Waals surface area contributed by atoms with Crippen molar-refractivity contribution in [1.82, 2.24) is 25.5 Å². The highest BCUT2D eigenvalue weighted by molar-refractivity contribution is 6.01. The average Bonchev–Trinajstić information content (AvgIpc) is 3.42. The minimum atomic E-state index is -5.07. The number of nitrogens with one attached hydrogen (secondary N) is 3. The lowest BCUT2D eigenvalue weighted by Crippen LogP contribution is -2.21. The van der Waals surface area contributed by atoms with Gasteiger partial charge in [0.05, 0.1) is 11.1 Å². The van der Waals surface area contributed by atoms with Gasteiger partial charge in [-0.15, -0.1) is 5.10 Å². The number of hydrogen-bond donors (Lipinski definition) is 3. The second-order valence-electron chi connectivity index (χ2n) is 8.66. The fourth-order valence-corrected chi connectivity index (χ4v) is 3.71. The van der Waals surface area contributed by atoms with Crippen LogP contribution in [0, 0.1) is 0 Å². The van der Waals surface area contributed by atoms with Gasteiger partial charge in [-0.2, -0.15) is 26.3 Å². The van der Waals surface area contributed by atoms with Crippen molar-refractivity contribution < 1.29 is 35.9 Å². The van der Waals surface area contributed by atoms with E-state index in [1.807, 2.05) is 5.32 Å². The summed E-state index contributed by atoms with van der Waals surface area (Å²) in [4.78, 5) is 26.2. The highest BCUT2D eigenvalue weighted by Crippen LogP contribution is 2.38. The van der Waals surface area contributed by atoms with Crippen molar-refractivity contribution >= 4 is 23.3 Å². The average molecular weight is 563 g/mol. The number of alkyl halides is 6. The van der Waals surface area contributed by atoms with Crippen molar-refractivity contribution in [3.63, 3.8) is 0 Å². The molecular formula is C25H19F6N7O2. The zero-order valence-corrected chi connectivity index (χ0v) is 20.6. The van der Waals surface area contributed by atoms with Gasteiger partial charge in [-0.25, -0.2) is 9.89 Å². The summed E-state index contributed by atoms with van der Waals surface area (Å²) in [5.41, 5.74) is -1.58. The van der Waals surface area contributed by atoms with Crippen LogP contribution < -0.4 is 10.6 Å². The number of H-pyrrole nitrogens is 1. The summed E-state index contributed by atoms with van der Waals surface area (Å²) < 4.78 is 78.8. The molecule has 0 atom stereocenters. The third-order valence-electron chi connectivity index (χ3n) is 5.57. The number of nitrogens with zero attached hydrogens (tertiary/aromatic N) is 4. The summed E-state index contributed by atoms with van der Waals surface area (Å²) in [6, 6.07) is 10.8. The third kappa shape index (κ3) is 6.36. The SMILES string of the molecule is CN(C)C(=O)c1ccc(-c2ccc(NC(=O)Nc3cc(C(F)(F)F)cc(C(F)(F)F)c3)cc2-c2nnn[nH]2)cc1. The molecule has 40 heavy (non-hydrogen) atoms. The summed E-state index contributed by atoms with van der Waals surface area (Å²) in [5, 5.41) is 17.9. The van der Waals surface area contributed by atoms with E-state index in [1.165, 1.54) is 17.0 Å². The Labute approximate surface area is 222 Å². The Kier molecular flexibility index (Phi) is 7.48. The Morgan fingerprint density at radius 2 is 1.38 bits per heavy atom. The number of urea groups is 1. The zero-order chi connectivity index (χ0) is 29.2. The number of aromatic nitrogens is 4. The molecule has 0 aliphatic carbocycles. The molecule has 1 aromatic heterocycles. The molecule has 4 rings (SSSR count). The van der Waals surface area contributed by atoms with Gasteiger partial charge >= 0.3 is 18.4 Å². The number of rotatable bonds is 5. The lowest BCUT2D eigenvalue weighted by atomic mass is 9.97. The van der Waals surface area contributed by atoms with Crippen LogP contribution in [-0.4, -0.2) is 51.6 Å². The van der Waals surface area contributed by atoms with Crippen molar-refractivity contribution in [1.29, 1.82) is 0 Å². The van der Waals surface area contributed by atoms with Crippen LogP contribution in [0.25, 0.3) is 22.5 Å². The molecule has 9 nitrogen and oxygen atoms in total. The predicted molar refractivity (Wildman–Crippen MR) is 132 cm³/mol. The first-order valence-corrected chi connectivity index (χ1v) is 11.3. The molecule has 3 N–H and O–H groups in total. The van der Waals surface area contributed by atoms with Gasteiger partial charge < -0.3 is 15.5 Å². The number of anilines is 2. The Balaban J connectivity index is 1.62. The van der Waals surface area contributed by atoms with Gasteiger partial charge in [0.15, 0.2) is 5.82 Å². The Bertz CT molecular complexity index is 1500. The predicted octanol–water partition coefficient (Wildman–Crippen LogP) is 5.92. The van der Waals surface area contributed by atoms with Gasteiger partial charge in [0, 0.05) is 36.6 Å². The van der Waals surface area contributed by atoms with Gasteiger partial charge in [-0.05, 0) is 64.0 Å². The van der Waals surface area contributed by atoms with Crippen LogP contribution in [-0.2, 0) is 12.4 Å². The normalized spacial score (nSPS) is 11.7. The molecule has 0 unspecified atom stereocenters. The maximum Gasteiger partial charge on any atom is 0.416 e. The molecule has 0 aliphatic rings. The van der Waals surface area contributed by atoms with Gasteiger partial charge in [-0.1, -0.05) is 18.2 Å². The van der Waals surface area contributed by atoms with Crippen LogP contribution in [0.2, 0.25) is 0 Å². The van der Waals surface area contributed by atoms with Crippen molar-refractivity contribution in [2.45, 2.75) is 12.4 Å². The second-order valence-corrected chi connectivity index (χ2v) is 8.66. The summed E-state index contributed by atoms with van der Waals surface area (Å²) in [6.45, 7) is 0. The molecule has 0 aliphatic heterocycles. The molecule has 0 saturated carbocycles. The minimum Gasteiger partial charge on any atom is -0.345 e. The van der Waals surface area contributed by atoms with E-state index in [1.54, 1.807) is 44.4 Å². The van der Waals surface area contributed by atoms with E-state index >= 15 is 0 Å². The summed E-state index contributed by atoms with van der Waals surface area (Å²) >= 11 is 0. The summed E-state index contributed by atoms with van der Waals surface area (Å²) in [7, 11) is 3.24. The molecule has 208 valence electrons. The summed E-state index contributed by atoms with van der Waals surface area (Å²) in [5.74, 6) is 0.0140. The van der Waals surface area contributed by atoms with Crippen molar-refractivity contribution in [3.8, 4) is 22.5 Å². The Morgan fingerprint density at radius 3 is 1.90 bits per heavy atom. The molecule has 0 radical (unpaired) electrons. The van der Waals surface area contributed by atoms with Gasteiger partial charge in [0.2, 0.25) is 0 Å².